The van der Waals surface area contributed by atoms with Gasteiger partial charge in [-0.15, -0.1) is 0 Å². The molecule has 6 aromatic rings. The molecule has 0 fully saturated rings. The van der Waals surface area contributed by atoms with Crippen molar-refractivity contribution >= 4 is 47.0 Å². The van der Waals surface area contributed by atoms with Crippen LogP contribution in [0.4, 0.5) is 0 Å². The molecule has 0 radical (unpaired) electrons. The molecule has 6 nitrogen and oxygen atoms in total. The van der Waals surface area contributed by atoms with E-state index in [1.54, 1.807) is 47.0 Å². The van der Waals surface area contributed by atoms with Crippen molar-refractivity contribution in [2.45, 2.75) is 129 Å². The van der Waals surface area contributed by atoms with Crippen molar-refractivity contribution in [1.82, 2.24) is 0 Å². The molecule has 0 unspecified atom stereocenters. The van der Waals surface area contributed by atoms with Crippen LogP contribution < -0.4 is 0 Å². The Kier molecular flexibility index (Phi) is 17.2. The number of fused-ring (bicyclic) bond motifs is 12. The lowest BCUT2D eigenvalue weighted by molar-refractivity contribution is 0.452. The predicted molar refractivity (Wildman–Crippen MR) is 301 cm³/mol. The third-order valence-corrected chi connectivity index (χ3v) is 17.8. The quantitative estimate of drug-likeness (QED) is 0.0877. The van der Waals surface area contributed by atoms with Crippen LogP contribution in [0.2, 0.25) is 0 Å². The van der Waals surface area contributed by atoms with Crippen molar-refractivity contribution in [2.75, 3.05) is 23.0 Å². The van der Waals surface area contributed by atoms with Gasteiger partial charge in [-0.1, -0.05) is 137 Å². The number of phenols is 6. The minimum absolute atomic E-state index is 0.188. The van der Waals surface area contributed by atoms with E-state index in [1.807, 2.05) is 76.2 Å². The average molecular weight is 1020 g/mol. The number of benzene rings is 6. The highest BCUT2D eigenvalue weighted by molar-refractivity contribution is 8.02. The molecule has 1 aliphatic heterocycles. The Labute approximate surface area is 434 Å². The Morgan fingerprint density at radius 1 is 0.286 bits per heavy atom. The predicted octanol–water partition coefficient (Wildman–Crippen LogP) is 14.8. The topological polar surface area (TPSA) is 121 Å². The van der Waals surface area contributed by atoms with Gasteiger partial charge in [0.25, 0.3) is 0 Å². The molecule has 0 aromatic heterocycles. The van der Waals surface area contributed by atoms with Gasteiger partial charge in [0.15, 0.2) is 0 Å². The number of thioether (sulfide) groups is 4. The molecule has 1 heterocycles. The molecule has 0 saturated carbocycles. The summed E-state index contributed by atoms with van der Waals surface area (Å²) < 4.78 is 0. The smallest absolute Gasteiger partial charge is 0.123 e. The third kappa shape index (κ3) is 13.1. The molecule has 372 valence electrons. The van der Waals surface area contributed by atoms with Gasteiger partial charge < -0.3 is 30.6 Å². The maximum atomic E-state index is 12.0. The minimum atomic E-state index is -0.207. The zero-order valence-electron chi connectivity index (χ0n) is 42.7. The molecule has 7 rings (SSSR count). The number of rotatable bonds is 0. The van der Waals surface area contributed by atoms with Crippen LogP contribution in [-0.4, -0.2) is 53.7 Å². The largest absolute Gasteiger partial charge is 0.507 e. The van der Waals surface area contributed by atoms with Crippen LogP contribution in [0.25, 0.3) is 0 Å². The van der Waals surface area contributed by atoms with Gasteiger partial charge in [0, 0.05) is 94.0 Å². The molecule has 0 spiro atoms. The maximum Gasteiger partial charge on any atom is 0.123 e. The summed E-state index contributed by atoms with van der Waals surface area (Å²) in [5, 5.41) is 70.9. The zero-order valence-corrected chi connectivity index (χ0v) is 46.0. The van der Waals surface area contributed by atoms with Crippen molar-refractivity contribution in [3.63, 3.8) is 0 Å². The van der Waals surface area contributed by atoms with Crippen LogP contribution in [0, 0.1) is 27.7 Å². The van der Waals surface area contributed by atoms with Gasteiger partial charge >= 0.3 is 0 Å². The van der Waals surface area contributed by atoms with E-state index < -0.39 is 0 Å². The Balaban J connectivity index is 1.21. The first-order chi connectivity index (χ1) is 33.0. The number of phenolic OH excluding ortho intramolecular Hbond substituents is 6. The highest BCUT2D eigenvalue weighted by atomic mass is 32.2. The van der Waals surface area contributed by atoms with E-state index in [1.165, 1.54) is 0 Å². The molecular weight excluding hydrogens is 945 g/mol. The molecular formula is C60H72O6S4. The lowest BCUT2D eigenvalue weighted by atomic mass is 9.82. The van der Waals surface area contributed by atoms with Gasteiger partial charge in [0.1, 0.15) is 34.5 Å². The zero-order chi connectivity index (χ0) is 50.7. The van der Waals surface area contributed by atoms with E-state index in [0.29, 0.717) is 48.7 Å². The summed E-state index contributed by atoms with van der Waals surface area (Å²) >= 11 is 7.05. The molecule has 12 bridgehead atoms. The van der Waals surface area contributed by atoms with Crippen LogP contribution in [0.15, 0.2) is 72.8 Å². The molecule has 70 heavy (non-hydrogen) atoms. The first-order valence-electron chi connectivity index (χ1n) is 24.3. The van der Waals surface area contributed by atoms with Crippen LogP contribution in [-0.2, 0) is 59.5 Å². The first-order valence-corrected chi connectivity index (χ1v) is 28.9. The Morgan fingerprint density at radius 3 is 0.657 bits per heavy atom. The summed E-state index contributed by atoms with van der Waals surface area (Å²) in [6, 6.07) is 24.5. The summed E-state index contributed by atoms with van der Waals surface area (Å²) in [4.78, 5) is 0. The van der Waals surface area contributed by atoms with E-state index in [2.05, 4.69) is 65.8 Å². The van der Waals surface area contributed by atoms with E-state index in [0.717, 1.165) is 123 Å². The van der Waals surface area contributed by atoms with Crippen molar-refractivity contribution < 1.29 is 30.6 Å². The summed E-state index contributed by atoms with van der Waals surface area (Å²) in [6.07, 6.45) is 1.44. The monoisotopic (exact) mass is 1020 g/mol. The van der Waals surface area contributed by atoms with Crippen LogP contribution >= 0.6 is 47.0 Å². The van der Waals surface area contributed by atoms with Crippen molar-refractivity contribution in [3.05, 3.63) is 173 Å². The second kappa shape index (κ2) is 22.5. The molecule has 0 saturated heterocycles. The highest BCUT2D eigenvalue weighted by Gasteiger charge is 2.24. The average Bonchev–Trinajstić information content (AvgIpc) is 3.27. The fraction of sp³-hybridized carbons (Fsp3) is 0.400. The lowest BCUT2D eigenvalue weighted by Crippen LogP contribution is -2.13. The van der Waals surface area contributed by atoms with Gasteiger partial charge in [-0.3, -0.25) is 0 Å². The lowest BCUT2D eigenvalue weighted by Gasteiger charge is -2.23. The first kappa shape index (κ1) is 53.3. The van der Waals surface area contributed by atoms with Gasteiger partial charge in [-0.05, 0) is 94.2 Å². The van der Waals surface area contributed by atoms with E-state index in [-0.39, 0.29) is 45.3 Å². The molecule has 6 aromatic carbocycles. The molecule has 0 atom stereocenters. The molecule has 1 aliphatic rings. The number of hydrogen-bond acceptors (Lipinski definition) is 10. The standard InChI is InChI=1S/C60H72O6S4/c1-35-15-39-23-43-27-51(59(5,6)7)28-44(53(43)61)24-40-16-36(2)21-49(56(40)64)33-69-13-14-70-34-50-22-38(4)18-42(58(50)66)26-46-30-52(60(8,9)10)29-45(54(46)62)25-41-17-37(3)20-48(57(41)65)32-68-12-11-67-31-47(19-35)55(39)63/h15-22,27-30,61-66H,11-14,23-26,31-34H2,1-10H3. The Morgan fingerprint density at radius 2 is 0.457 bits per heavy atom. The molecule has 6 N–H and O–H groups in total. The van der Waals surface area contributed by atoms with E-state index in [4.69, 9.17) is 0 Å². The number of aromatic hydroxyl groups is 6. The second-order valence-electron chi connectivity index (χ2n) is 21.4. The molecule has 0 amide bonds. The molecule has 0 aliphatic carbocycles. The fourth-order valence-electron chi connectivity index (χ4n) is 9.43. The van der Waals surface area contributed by atoms with E-state index in [9.17, 15) is 30.6 Å². The van der Waals surface area contributed by atoms with Gasteiger partial charge in [-0.2, -0.15) is 47.0 Å². The Bertz CT molecular complexity index is 2500. The summed E-state index contributed by atoms with van der Waals surface area (Å²) in [5.41, 5.74) is 15.4. The van der Waals surface area contributed by atoms with Crippen molar-refractivity contribution in [2.24, 2.45) is 0 Å². The van der Waals surface area contributed by atoms with Crippen LogP contribution in [0.1, 0.15) is 142 Å². The summed E-state index contributed by atoms with van der Waals surface area (Å²) in [5.74, 6) is 7.35. The van der Waals surface area contributed by atoms with E-state index >= 15 is 0 Å². The normalized spacial score (nSPS) is 15.0. The van der Waals surface area contributed by atoms with Gasteiger partial charge in [-0.25, -0.2) is 0 Å². The summed E-state index contributed by atoms with van der Waals surface area (Å²) in [7, 11) is 0. The Hall–Kier alpha value is -4.48. The number of hydrogen-bond donors (Lipinski definition) is 6. The highest BCUT2D eigenvalue weighted by Crippen LogP contribution is 2.41. The SMILES string of the molecule is Cc1cc2c(O)c(c1)Cc1cc(C(C)(C)C)cc(c1O)Cc1cc(C)cc(c1O)CSCCSCc1cc(C)cc(c1O)Cc1cc(C(C)(C)C)cc(c1O)Cc1cc(C)cc(c1O)CSCCSC2. The van der Waals surface area contributed by atoms with Crippen LogP contribution in [0.3, 0.4) is 0 Å². The number of aryl methyl sites for hydroxylation is 4. The maximum absolute atomic E-state index is 12.0. The van der Waals surface area contributed by atoms with Gasteiger partial charge in [0.05, 0.1) is 0 Å². The fourth-order valence-corrected chi connectivity index (χ4v) is 13.6. The van der Waals surface area contributed by atoms with Crippen molar-refractivity contribution in [1.29, 1.82) is 0 Å². The minimum Gasteiger partial charge on any atom is -0.507 e. The third-order valence-electron chi connectivity index (χ3n) is 13.2. The van der Waals surface area contributed by atoms with Gasteiger partial charge in [0.2, 0.25) is 0 Å². The summed E-state index contributed by atoms with van der Waals surface area (Å²) in [6.45, 7) is 21.2. The molecule has 10 heteroatoms. The van der Waals surface area contributed by atoms with Crippen molar-refractivity contribution in [3.8, 4) is 34.5 Å². The van der Waals surface area contributed by atoms with Crippen LogP contribution in [0.5, 0.6) is 34.5 Å². The second-order valence-corrected chi connectivity index (χ2v) is 25.9.